The van der Waals surface area contributed by atoms with Crippen molar-refractivity contribution in [2.24, 2.45) is 33.7 Å². The van der Waals surface area contributed by atoms with Crippen LogP contribution in [0.25, 0.3) is 0 Å². The molecule has 3 fully saturated rings. The van der Waals surface area contributed by atoms with Gasteiger partial charge in [0.15, 0.2) is 6.61 Å². The number of hydrogen-bond donors (Lipinski definition) is 3. The van der Waals surface area contributed by atoms with Gasteiger partial charge in [0.1, 0.15) is 5.75 Å². The number of carbonyl (C=O) groups excluding carboxylic acids is 1. The maximum Gasteiger partial charge on any atom is 0.260 e. The Labute approximate surface area is 208 Å². The van der Waals surface area contributed by atoms with E-state index in [9.17, 15) is 15.0 Å². The Morgan fingerprint density at radius 1 is 1.09 bits per heavy atom. The van der Waals surface area contributed by atoms with Crippen molar-refractivity contribution in [1.82, 2.24) is 5.32 Å². The molecule has 190 valence electrons. The average Bonchev–Trinajstić information content (AvgIpc) is 3.15. The number of phenolic OH excluding ortho intramolecular Hbond substituents is 1. The number of carbonyl (C=O) groups is 1. The van der Waals surface area contributed by atoms with Crippen LogP contribution in [-0.4, -0.2) is 41.1 Å². The van der Waals surface area contributed by atoms with Gasteiger partial charge in [-0.3, -0.25) is 4.79 Å². The summed E-state index contributed by atoms with van der Waals surface area (Å²) in [6.45, 7) is 5.24. The molecule has 3 N–H and O–H groups in total. The van der Waals surface area contributed by atoms with Gasteiger partial charge in [0, 0.05) is 6.54 Å². The molecule has 1 amide bonds. The van der Waals surface area contributed by atoms with Crippen molar-refractivity contribution < 1.29 is 19.8 Å². The van der Waals surface area contributed by atoms with Gasteiger partial charge in [-0.15, -0.1) is 0 Å². The minimum atomic E-state index is -0.175. The molecule has 0 bridgehead atoms. The zero-order valence-electron chi connectivity index (χ0n) is 21.1. The number of nitrogens with zero attached hydrogens (tertiary/aromatic N) is 1. The number of benzene rings is 1. The molecule has 3 saturated carbocycles. The Balaban J connectivity index is 1.14. The summed E-state index contributed by atoms with van der Waals surface area (Å²) in [6, 6.07) is 7.00. The Bertz CT molecular complexity index is 1000. The number of aromatic hydroxyl groups is 1. The Hall–Kier alpha value is -2.34. The Kier molecular flexibility index (Phi) is 6.69. The van der Waals surface area contributed by atoms with Crippen LogP contribution >= 0.6 is 0 Å². The van der Waals surface area contributed by atoms with Gasteiger partial charge >= 0.3 is 0 Å². The van der Waals surface area contributed by atoms with E-state index in [0.717, 1.165) is 49.3 Å². The first kappa shape index (κ1) is 24.4. The van der Waals surface area contributed by atoms with Crippen LogP contribution in [0.15, 0.2) is 41.1 Å². The van der Waals surface area contributed by atoms with Gasteiger partial charge in [0.2, 0.25) is 0 Å². The Morgan fingerprint density at radius 3 is 2.69 bits per heavy atom. The number of fused-ring (bicyclic) bond motifs is 5. The maximum absolute atomic E-state index is 12.1. The van der Waals surface area contributed by atoms with Gasteiger partial charge < -0.3 is 20.4 Å². The van der Waals surface area contributed by atoms with Crippen molar-refractivity contribution in [3.63, 3.8) is 0 Å². The van der Waals surface area contributed by atoms with Crippen LogP contribution in [0.2, 0.25) is 0 Å². The van der Waals surface area contributed by atoms with Crippen LogP contribution in [0.1, 0.15) is 70.8 Å². The smallest absolute Gasteiger partial charge is 0.260 e. The third kappa shape index (κ3) is 4.62. The minimum absolute atomic E-state index is 0.0766. The highest BCUT2D eigenvalue weighted by atomic mass is 16.6. The second-order valence-corrected chi connectivity index (χ2v) is 11.8. The molecule has 0 spiro atoms. The van der Waals surface area contributed by atoms with E-state index in [2.05, 4.69) is 30.4 Å². The molecule has 0 unspecified atom stereocenters. The predicted octanol–water partition coefficient (Wildman–Crippen LogP) is 4.75. The summed E-state index contributed by atoms with van der Waals surface area (Å²) in [7, 11) is 0. The van der Waals surface area contributed by atoms with E-state index in [1.165, 1.54) is 24.8 Å². The summed E-state index contributed by atoms with van der Waals surface area (Å²) < 4.78 is 0. The molecule has 35 heavy (non-hydrogen) atoms. The first-order chi connectivity index (χ1) is 16.8. The number of aliphatic hydroxyl groups excluding tert-OH is 1. The van der Waals surface area contributed by atoms with Gasteiger partial charge in [0.25, 0.3) is 5.91 Å². The van der Waals surface area contributed by atoms with E-state index in [1.54, 1.807) is 12.1 Å². The fourth-order valence-corrected chi connectivity index (χ4v) is 7.85. The van der Waals surface area contributed by atoms with Gasteiger partial charge in [0.05, 0.1) is 11.8 Å². The van der Waals surface area contributed by atoms with Crippen LogP contribution in [0.5, 0.6) is 5.75 Å². The van der Waals surface area contributed by atoms with Gasteiger partial charge in [-0.1, -0.05) is 36.7 Å². The van der Waals surface area contributed by atoms with Crippen LogP contribution in [0.3, 0.4) is 0 Å². The van der Waals surface area contributed by atoms with Crippen LogP contribution < -0.4 is 5.32 Å². The summed E-state index contributed by atoms with van der Waals surface area (Å²) in [5, 5.41) is 27.2. The lowest BCUT2D eigenvalue weighted by Gasteiger charge is -2.57. The molecule has 5 rings (SSSR count). The molecule has 4 aliphatic rings. The molecule has 4 aliphatic carbocycles. The normalized spacial score (nSPS) is 37.1. The second kappa shape index (κ2) is 9.61. The molecular weight excluding hydrogens is 440 g/mol. The lowest BCUT2D eigenvalue weighted by atomic mass is 9.47. The SMILES string of the molecule is C[C@]12CC[C@H]3[C@H](CCC4=CC(=NOCC(=O)NCCc5ccc(O)cc5)CC[C@@]43C)[C@@H]1CC[C@H]2O. The molecule has 1 aromatic rings. The zero-order valence-corrected chi connectivity index (χ0v) is 21.1. The molecule has 6 heteroatoms. The summed E-state index contributed by atoms with van der Waals surface area (Å²) >= 11 is 0. The van der Waals surface area contributed by atoms with Crippen molar-refractivity contribution in [3.8, 4) is 5.75 Å². The van der Waals surface area contributed by atoms with Crippen LogP contribution in [-0.2, 0) is 16.1 Å². The van der Waals surface area contributed by atoms with Gasteiger partial charge in [-0.05, 0) is 110 Å². The molecule has 6 atom stereocenters. The predicted molar refractivity (Wildman–Crippen MR) is 136 cm³/mol. The molecule has 0 heterocycles. The summed E-state index contributed by atoms with van der Waals surface area (Å²) in [5.74, 6) is 2.17. The van der Waals surface area contributed by atoms with Gasteiger partial charge in [-0.2, -0.15) is 0 Å². The summed E-state index contributed by atoms with van der Waals surface area (Å²) in [4.78, 5) is 17.6. The lowest BCUT2D eigenvalue weighted by molar-refractivity contribution is -0.125. The minimum Gasteiger partial charge on any atom is -0.508 e. The fraction of sp³-hybridized carbons (Fsp3) is 0.655. The third-order valence-electron chi connectivity index (χ3n) is 9.98. The van der Waals surface area contributed by atoms with E-state index in [1.807, 2.05) is 12.1 Å². The van der Waals surface area contributed by atoms with E-state index in [0.29, 0.717) is 24.8 Å². The standard InChI is InChI=1S/C29H40N2O4/c1-28-14-11-21(31-35-18-27(34)30-16-13-19-3-6-22(32)7-4-19)17-20(28)5-8-23-24-9-10-26(33)29(24,2)15-12-25(23)28/h3-4,6-7,17,23-26,32-33H,5,8-16,18H2,1-2H3,(H,30,34)/t23-,24+,25+,26-,28+,29+/m1/s1. The Morgan fingerprint density at radius 2 is 1.89 bits per heavy atom. The van der Waals surface area contributed by atoms with E-state index in [-0.39, 0.29) is 35.2 Å². The maximum atomic E-state index is 12.1. The molecular formula is C29H40N2O4. The number of rotatable bonds is 6. The van der Waals surface area contributed by atoms with Crippen molar-refractivity contribution in [3.05, 3.63) is 41.5 Å². The van der Waals surface area contributed by atoms with E-state index >= 15 is 0 Å². The molecule has 0 aromatic heterocycles. The highest BCUT2D eigenvalue weighted by molar-refractivity contribution is 5.96. The molecule has 6 nitrogen and oxygen atoms in total. The topological polar surface area (TPSA) is 91.2 Å². The largest absolute Gasteiger partial charge is 0.508 e. The van der Waals surface area contributed by atoms with Crippen molar-refractivity contribution in [2.45, 2.75) is 77.7 Å². The number of allylic oxidation sites excluding steroid dienone is 2. The summed E-state index contributed by atoms with van der Waals surface area (Å²) in [5.41, 5.74) is 3.86. The van der Waals surface area contributed by atoms with Crippen LogP contribution in [0, 0.1) is 28.6 Å². The quantitative estimate of drug-likeness (QED) is 0.513. The van der Waals surface area contributed by atoms with Crippen molar-refractivity contribution in [2.75, 3.05) is 13.2 Å². The molecule has 1 aromatic carbocycles. The number of oxime groups is 1. The second-order valence-electron chi connectivity index (χ2n) is 11.8. The van der Waals surface area contributed by atoms with Crippen molar-refractivity contribution in [1.29, 1.82) is 0 Å². The number of amides is 1. The monoisotopic (exact) mass is 480 g/mol. The number of aliphatic hydroxyl groups is 1. The van der Waals surface area contributed by atoms with Gasteiger partial charge in [-0.25, -0.2) is 0 Å². The lowest BCUT2D eigenvalue weighted by Crippen LogP contribution is -2.51. The van der Waals surface area contributed by atoms with Crippen LogP contribution in [0.4, 0.5) is 0 Å². The first-order valence-electron chi connectivity index (χ1n) is 13.4. The fourth-order valence-electron chi connectivity index (χ4n) is 7.85. The average molecular weight is 481 g/mol. The molecule has 0 aliphatic heterocycles. The van der Waals surface area contributed by atoms with E-state index < -0.39 is 0 Å². The third-order valence-corrected chi connectivity index (χ3v) is 9.98. The number of nitrogens with one attached hydrogen (secondary N) is 1. The molecule has 0 radical (unpaired) electrons. The van der Waals surface area contributed by atoms with Crippen molar-refractivity contribution >= 4 is 11.6 Å². The van der Waals surface area contributed by atoms with E-state index in [4.69, 9.17) is 4.84 Å². The first-order valence-corrected chi connectivity index (χ1v) is 13.4. The zero-order chi connectivity index (χ0) is 24.6. The highest BCUT2D eigenvalue weighted by Crippen LogP contribution is 2.65. The molecule has 0 saturated heterocycles. The number of phenols is 1. The number of hydrogen-bond acceptors (Lipinski definition) is 5. The summed E-state index contributed by atoms with van der Waals surface area (Å²) in [6.07, 6.45) is 11.7. The highest BCUT2D eigenvalue weighted by Gasteiger charge is 2.58.